The Kier molecular flexibility index (Phi) is 6.41. The third-order valence-electron chi connectivity index (χ3n) is 10.7. The largest absolute Gasteiger partial charge is 0.462 e. The summed E-state index contributed by atoms with van der Waals surface area (Å²) < 4.78 is 10.9. The van der Waals surface area contributed by atoms with Crippen molar-refractivity contribution in [1.29, 1.82) is 0 Å². The van der Waals surface area contributed by atoms with Crippen molar-refractivity contribution in [2.75, 3.05) is 6.61 Å². The number of ketones is 3. The number of carbonyl (C=O) groups excluding carboxylic acids is 5. The van der Waals surface area contributed by atoms with Gasteiger partial charge >= 0.3 is 11.9 Å². The molecule has 198 valence electrons. The minimum Gasteiger partial charge on any atom is -0.462 e. The quantitative estimate of drug-likeness (QED) is 0.520. The summed E-state index contributed by atoms with van der Waals surface area (Å²) in [6, 6.07) is 0. The highest BCUT2D eigenvalue weighted by Crippen LogP contribution is 2.72. The molecular weight excluding hydrogens is 460 g/mol. The molecule has 0 amide bonds. The van der Waals surface area contributed by atoms with Gasteiger partial charge < -0.3 is 9.47 Å². The smallest absolute Gasteiger partial charge is 0.303 e. The third-order valence-corrected chi connectivity index (χ3v) is 10.7. The van der Waals surface area contributed by atoms with Gasteiger partial charge in [0.15, 0.2) is 11.6 Å². The molecule has 0 saturated heterocycles. The summed E-state index contributed by atoms with van der Waals surface area (Å²) in [5.74, 6) is -1.38. The zero-order chi connectivity index (χ0) is 26.8. The first-order valence-corrected chi connectivity index (χ1v) is 13.2. The van der Waals surface area contributed by atoms with Gasteiger partial charge in [0.1, 0.15) is 18.5 Å². The van der Waals surface area contributed by atoms with Crippen molar-refractivity contribution in [2.24, 2.45) is 45.3 Å². The average molecular weight is 501 g/mol. The number of hydrogen-bond acceptors (Lipinski definition) is 7. The van der Waals surface area contributed by atoms with Gasteiger partial charge in [0.2, 0.25) is 0 Å². The van der Waals surface area contributed by atoms with Gasteiger partial charge in [-0.3, -0.25) is 24.0 Å². The van der Waals surface area contributed by atoms with Crippen molar-refractivity contribution >= 4 is 29.3 Å². The van der Waals surface area contributed by atoms with E-state index in [4.69, 9.17) is 9.47 Å². The van der Waals surface area contributed by atoms with Crippen LogP contribution in [0.4, 0.5) is 0 Å². The van der Waals surface area contributed by atoms with E-state index in [1.165, 1.54) is 13.8 Å². The highest BCUT2D eigenvalue weighted by molar-refractivity contribution is 5.96. The molecule has 3 fully saturated rings. The Morgan fingerprint density at radius 2 is 1.67 bits per heavy atom. The summed E-state index contributed by atoms with van der Waals surface area (Å²) in [5.41, 5.74) is -1.99. The Morgan fingerprint density at radius 3 is 2.28 bits per heavy atom. The summed E-state index contributed by atoms with van der Waals surface area (Å²) in [4.78, 5) is 62.8. The number of rotatable bonds is 5. The molecule has 0 heterocycles. The van der Waals surface area contributed by atoms with Gasteiger partial charge in [0.25, 0.3) is 0 Å². The topological polar surface area (TPSA) is 104 Å². The Morgan fingerprint density at radius 1 is 1.00 bits per heavy atom. The van der Waals surface area contributed by atoms with Crippen LogP contribution in [0.1, 0.15) is 80.6 Å². The lowest BCUT2D eigenvalue weighted by Gasteiger charge is -2.67. The van der Waals surface area contributed by atoms with Gasteiger partial charge in [-0.05, 0) is 53.9 Å². The molecule has 0 aromatic carbocycles. The van der Waals surface area contributed by atoms with E-state index in [9.17, 15) is 24.0 Å². The van der Waals surface area contributed by atoms with Crippen molar-refractivity contribution in [1.82, 2.24) is 0 Å². The highest BCUT2D eigenvalue weighted by atomic mass is 16.5. The molecular formula is C29H40O7. The van der Waals surface area contributed by atoms with Gasteiger partial charge in [0, 0.05) is 43.4 Å². The van der Waals surface area contributed by atoms with Crippen molar-refractivity contribution in [3.63, 3.8) is 0 Å². The van der Waals surface area contributed by atoms with Crippen LogP contribution in [-0.2, 0) is 33.4 Å². The molecule has 7 heteroatoms. The Hall–Kier alpha value is -2.31. The van der Waals surface area contributed by atoms with E-state index in [2.05, 4.69) is 26.8 Å². The molecule has 0 spiro atoms. The molecule has 0 N–H and O–H groups in total. The number of esters is 2. The van der Waals surface area contributed by atoms with Crippen LogP contribution in [0, 0.1) is 45.3 Å². The lowest BCUT2D eigenvalue weighted by Crippen LogP contribution is -2.67. The number of fused-ring (bicyclic) bond motifs is 5. The molecule has 0 unspecified atom stereocenters. The zero-order valence-corrected chi connectivity index (χ0v) is 22.6. The van der Waals surface area contributed by atoms with Gasteiger partial charge in [-0.2, -0.15) is 0 Å². The van der Waals surface area contributed by atoms with Crippen LogP contribution in [0.2, 0.25) is 0 Å². The molecule has 7 nitrogen and oxygen atoms in total. The lowest BCUT2D eigenvalue weighted by atomic mass is 9.37. The molecule has 3 saturated carbocycles. The second kappa shape index (κ2) is 8.63. The van der Waals surface area contributed by atoms with E-state index in [1.54, 1.807) is 6.08 Å². The first-order valence-electron chi connectivity index (χ1n) is 13.2. The van der Waals surface area contributed by atoms with E-state index >= 15 is 0 Å². The van der Waals surface area contributed by atoms with Crippen LogP contribution in [0.3, 0.4) is 0 Å². The van der Waals surface area contributed by atoms with Crippen LogP contribution in [0.5, 0.6) is 0 Å². The van der Waals surface area contributed by atoms with E-state index in [0.717, 1.165) is 12.8 Å². The van der Waals surface area contributed by atoms with Crippen molar-refractivity contribution in [3.05, 3.63) is 12.2 Å². The first-order chi connectivity index (χ1) is 16.6. The zero-order valence-electron chi connectivity index (χ0n) is 22.6. The minimum absolute atomic E-state index is 0.0214. The fourth-order valence-electron chi connectivity index (χ4n) is 9.07. The van der Waals surface area contributed by atoms with Crippen molar-refractivity contribution < 1.29 is 33.4 Å². The predicted molar refractivity (Wildman–Crippen MR) is 131 cm³/mol. The molecule has 36 heavy (non-hydrogen) atoms. The molecule has 0 bridgehead atoms. The van der Waals surface area contributed by atoms with E-state index in [-0.39, 0.29) is 65.4 Å². The van der Waals surface area contributed by atoms with Crippen LogP contribution in [-0.4, -0.2) is 42.0 Å². The first kappa shape index (κ1) is 26.7. The summed E-state index contributed by atoms with van der Waals surface area (Å²) in [6.07, 6.45) is 5.85. The summed E-state index contributed by atoms with van der Waals surface area (Å²) in [5, 5.41) is 0. The monoisotopic (exact) mass is 500 g/mol. The summed E-state index contributed by atoms with van der Waals surface area (Å²) in [6.45, 7) is 12.8. The summed E-state index contributed by atoms with van der Waals surface area (Å²) in [7, 11) is 0. The van der Waals surface area contributed by atoms with Gasteiger partial charge in [-0.25, -0.2) is 0 Å². The second-order valence-electron chi connectivity index (χ2n) is 13.0. The molecule has 8 atom stereocenters. The van der Waals surface area contributed by atoms with Crippen LogP contribution < -0.4 is 0 Å². The van der Waals surface area contributed by atoms with Crippen molar-refractivity contribution in [3.8, 4) is 0 Å². The van der Waals surface area contributed by atoms with Crippen LogP contribution in [0.25, 0.3) is 0 Å². The Bertz CT molecular complexity index is 1040. The van der Waals surface area contributed by atoms with Gasteiger partial charge in [-0.15, -0.1) is 0 Å². The van der Waals surface area contributed by atoms with E-state index in [0.29, 0.717) is 12.8 Å². The van der Waals surface area contributed by atoms with Crippen LogP contribution in [0.15, 0.2) is 12.2 Å². The average Bonchev–Trinajstić information content (AvgIpc) is 3.01. The number of Topliss-reactive ketones (excluding diaryl/α,β-unsaturated/α-hetero) is 2. The standard InChI is InChI=1S/C29H40O7/c1-16(30)35-15-19(32)12-18-13-20(33)25-27(18,5)10-8-21-28(6)11-9-23(34)26(3,4)22(28)14-24(29(21,25)7)36-17(2)31/h9,11,18,21-22,24-25H,8,10,12-15H2,1-7H3/t18-,21-,22+,24-,25-,27+,28-,29+/m1/s1. The SMILES string of the molecule is CC(=O)OCC(=O)C[C@@H]1CC(=O)[C@@H]2[C@@]1(C)CC[C@@H]1[C@@]3(C)C=CC(=O)C(C)(C)[C@@H]3C[C@@H](OC(C)=O)[C@]12C. The second-order valence-corrected chi connectivity index (χ2v) is 13.0. The normalized spacial score (nSPS) is 42.7. The van der Waals surface area contributed by atoms with Crippen molar-refractivity contribution in [2.45, 2.75) is 86.7 Å². The molecule has 4 aliphatic carbocycles. The highest BCUT2D eigenvalue weighted by Gasteiger charge is 2.72. The number of ether oxygens (including phenoxy) is 2. The maximum absolute atomic E-state index is 13.8. The Balaban J connectivity index is 1.75. The molecule has 0 aliphatic heterocycles. The fourth-order valence-corrected chi connectivity index (χ4v) is 9.07. The summed E-state index contributed by atoms with van der Waals surface area (Å²) >= 11 is 0. The van der Waals surface area contributed by atoms with Gasteiger partial charge in [0.05, 0.1) is 0 Å². The minimum atomic E-state index is -0.629. The number of carbonyl (C=O) groups is 5. The third kappa shape index (κ3) is 3.79. The van der Waals surface area contributed by atoms with E-state index in [1.807, 2.05) is 13.8 Å². The number of hydrogen-bond donors (Lipinski definition) is 0. The maximum atomic E-state index is 13.8. The molecule has 4 aliphatic rings. The molecule has 4 rings (SSSR count). The Labute approximate surface area is 213 Å². The maximum Gasteiger partial charge on any atom is 0.303 e. The lowest BCUT2D eigenvalue weighted by molar-refractivity contribution is -0.223. The van der Waals surface area contributed by atoms with Gasteiger partial charge in [-0.1, -0.05) is 40.7 Å². The molecule has 0 aromatic heterocycles. The van der Waals surface area contributed by atoms with Crippen LogP contribution >= 0.6 is 0 Å². The molecule has 0 aromatic rings. The number of allylic oxidation sites excluding steroid dienone is 2. The molecule has 0 radical (unpaired) electrons. The predicted octanol–water partition coefficient (Wildman–Crippen LogP) is 4.26. The fraction of sp³-hybridized carbons (Fsp3) is 0.759. The van der Waals surface area contributed by atoms with E-state index < -0.39 is 28.3 Å².